The number of hydrogen-bond donors (Lipinski definition) is 2. The van der Waals surface area contributed by atoms with E-state index in [9.17, 15) is 36.4 Å². The lowest BCUT2D eigenvalue weighted by Crippen LogP contribution is -2.68. The summed E-state index contributed by atoms with van der Waals surface area (Å²) in [7, 11) is -4.20. The van der Waals surface area contributed by atoms with E-state index in [2.05, 4.69) is 4.98 Å². The molecule has 206 valence electrons. The maximum Gasteiger partial charge on any atom is 0.433 e. The number of nitrogens with one attached hydrogen (secondary N) is 1. The first-order chi connectivity index (χ1) is 17.5. The molecule has 0 radical (unpaired) electrons. The molecule has 3 aliphatic rings. The molecule has 0 spiro atoms. The number of hydrogen-bond acceptors (Lipinski definition) is 8. The minimum atomic E-state index is -4.62. The molecule has 2 N–H and O–H groups in total. The first-order valence-electron chi connectivity index (χ1n) is 11.8. The molecule has 12 nitrogen and oxygen atoms in total. The number of carbonyl (C=O) groups is 2. The van der Waals surface area contributed by atoms with Crippen molar-refractivity contribution in [2.75, 3.05) is 26.2 Å². The van der Waals surface area contributed by atoms with E-state index in [1.807, 2.05) is 0 Å². The number of ether oxygens (including phenoxy) is 2. The Hall–Kier alpha value is -2.69. The average molecular weight is 552 g/mol. The molecule has 0 saturated carbocycles. The predicted octanol–water partition coefficient (Wildman–Crippen LogP) is 1.37. The van der Waals surface area contributed by atoms with Gasteiger partial charge in [-0.15, -0.1) is 0 Å². The van der Waals surface area contributed by atoms with Crippen molar-refractivity contribution in [1.29, 1.82) is 0 Å². The van der Waals surface area contributed by atoms with Gasteiger partial charge in [-0.3, -0.25) is 19.9 Å². The van der Waals surface area contributed by atoms with Crippen LogP contribution in [0.15, 0.2) is 18.3 Å². The summed E-state index contributed by atoms with van der Waals surface area (Å²) < 4.78 is 78.9. The number of aromatic nitrogens is 1. The number of fused-ring (bicyclic) bond motifs is 2. The number of piperazine rings is 1. The SMILES string of the molecule is CCOC(=O)N1[C@@H]2CC[C@H]1[C@H](C(=O)NO)N(S(=O)(=O)N1CCC(Oc3ccnc(C(F)(F)F)c3)CC1)C2. The monoisotopic (exact) mass is 551 g/mol. The maximum atomic E-state index is 13.6. The molecule has 3 aliphatic heterocycles. The van der Waals surface area contributed by atoms with Crippen LogP contribution in [0.1, 0.15) is 38.3 Å². The van der Waals surface area contributed by atoms with Crippen molar-refractivity contribution in [3.63, 3.8) is 0 Å². The number of halogens is 3. The van der Waals surface area contributed by atoms with Crippen LogP contribution in [-0.2, 0) is 25.9 Å². The molecule has 1 aromatic rings. The Morgan fingerprint density at radius 1 is 1.22 bits per heavy atom. The zero-order valence-electron chi connectivity index (χ0n) is 19.9. The van der Waals surface area contributed by atoms with E-state index in [4.69, 9.17) is 9.47 Å². The second-order valence-electron chi connectivity index (χ2n) is 8.99. The largest absolute Gasteiger partial charge is 0.490 e. The molecule has 3 fully saturated rings. The molecular weight excluding hydrogens is 523 g/mol. The number of alkyl halides is 3. The molecule has 3 saturated heterocycles. The van der Waals surface area contributed by atoms with Crippen LogP contribution in [0, 0.1) is 0 Å². The number of hydroxylamine groups is 1. The topological polar surface area (TPSA) is 142 Å². The van der Waals surface area contributed by atoms with Crippen molar-refractivity contribution in [2.24, 2.45) is 0 Å². The van der Waals surface area contributed by atoms with Gasteiger partial charge in [-0.25, -0.2) is 10.3 Å². The van der Waals surface area contributed by atoms with E-state index in [0.717, 1.165) is 16.6 Å². The minimum Gasteiger partial charge on any atom is -0.490 e. The van der Waals surface area contributed by atoms with E-state index in [0.29, 0.717) is 12.8 Å². The van der Waals surface area contributed by atoms with Gasteiger partial charge in [0, 0.05) is 37.9 Å². The van der Waals surface area contributed by atoms with Crippen LogP contribution in [0.5, 0.6) is 5.75 Å². The number of carbonyl (C=O) groups excluding carboxylic acids is 2. The Kier molecular flexibility index (Phi) is 7.83. The number of piperidine rings is 1. The van der Waals surface area contributed by atoms with Crippen molar-refractivity contribution in [3.05, 3.63) is 24.0 Å². The second kappa shape index (κ2) is 10.6. The number of rotatable bonds is 6. The van der Waals surface area contributed by atoms with Gasteiger partial charge in [0.25, 0.3) is 16.1 Å². The molecule has 3 atom stereocenters. The molecule has 0 aromatic carbocycles. The fraction of sp³-hybridized carbons (Fsp3) is 0.667. The summed E-state index contributed by atoms with van der Waals surface area (Å²) in [5.74, 6) is -0.977. The summed E-state index contributed by atoms with van der Waals surface area (Å²) in [6.07, 6.45) is -3.57. The minimum absolute atomic E-state index is 0.00506. The van der Waals surface area contributed by atoms with Crippen LogP contribution < -0.4 is 10.2 Å². The van der Waals surface area contributed by atoms with Gasteiger partial charge in [0.2, 0.25) is 0 Å². The quantitative estimate of drug-likeness (QED) is 0.399. The zero-order chi connectivity index (χ0) is 27.0. The number of pyridine rings is 1. The molecule has 2 amide bonds. The normalized spacial score (nSPS) is 25.6. The van der Waals surface area contributed by atoms with E-state index in [1.54, 1.807) is 6.92 Å². The predicted molar refractivity (Wildman–Crippen MR) is 119 cm³/mol. The van der Waals surface area contributed by atoms with Gasteiger partial charge < -0.3 is 9.47 Å². The summed E-state index contributed by atoms with van der Waals surface area (Å²) in [5.41, 5.74) is 0.428. The highest BCUT2D eigenvalue weighted by Crippen LogP contribution is 2.37. The summed E-state index contributed by atoms with van der Waals surface area (Å²) in [6, 6.07) is -0.563. The summed E-state index contributed by atoms with van der Waals surface area (Å²) in [6.45, 7) is 1.61. The Balaban J connectivity index is 1.46. The Morgan fingerprint density at radius 3 is 2.54 bits per heavy atom. The van der Waals surface area contributed by atoms with Crippen molar-refractivity contribution in [2.45, 2.75) is 63.0 Å². The smallest absolute Gasteiger partial charge is 0.433 e. The molecule has 2 bridgehead atoms. The maximum absolute atomic E-state index is 13.6. The Bertz CT molecular complexity index is 1110. The molecule has 0 unspecified atom stereocenters. The van der Waals surface area contributed by atoms with Crippen molar-refractivity contribution >= 4 is 22.2 Å². The first kappa shape index (κ1) is 27.3. The van der Waals surface area contributed by atoms with Gasteiger partial charge in [0.1, 0.15) is 23.6 Å². The van der Waals surface area contributed by atoms with Crippen LogP contribution in [0.4, 0.5) is 18.0 Å². The molecular formula is C21H28F3N5O7S. The first-order valence-corrected chi connectivity index (χ1v) is 13.2. The van der Waals surface area contributed by atoms with Crippen LogP contribution >= 0.6 is 0 Å². The Morgan fingerprint density at radius 2 is 1.92 bits per heavy atom. The van der Waals surface area contributed by atoms with E-state index in [-0.39, 0.29) is 44.8 Å². The molecule has 4 heterocycles. The molecule has 1 aromatic heterocycles. The van der Waals surface area contributed by atoms with Crippen molar-refractivity contribution in [3.8, 4) is 5.75 Å². The second-order valence-corrected chi connectivity index (χ2v) is 10.9. The van der Waals surface area contributed by atoms with Crippen molar-refractivity contribution < 1.29 is 45.9 Å². The third-order valence-electron chi connectivity index (χ3n) is 6.82. The van der Waals surface area contributed by atoms with E-state index >= 15 is 0 Å². The summed E-state index contributed by atoms with van der Waals surface area (Å²) >= 11 is 0. The third-order valence-corrected chi connectivity index (χ3v) is 8.80. The highest BCUT2D eigenvalue weighted by Gasteiger charge is 2.56. The highest BCUT2D eigenvalue weighted by molar-refractivity contribution is 7.86. The van der Waals surface area contributed by atoms with Gasteiger partial charge in [-0.1, -0.05) is 0 Å². The lowest BCUT2D eigenvalue weighted by Gasteiger charge is -2.46. The average Bonchev–Trinajstić information content (AvgIpc) is 3.17. The third kappa shape index (κ3) is 5.46. The van der Waals surface area contributed by atoms with Gasteiger partial charge >= 0.3 is 12.3 Å². The molecule has 4 rings (SSSR count). The molecule has 16 heteroatoms. The Labute approximate surface area is 211 Å². The summed E-state index contributed by atoms with van der Waals surface area (Å²) in [4.78, 5) is 29.8. The fourth-order valence-electron chi connectivity index (χ4n) is 5.17. The molecule has 0 aliphatic carbocycles. The van der Waals surface area contributed by atoms with E-state index < -0.39 is 58.3 Å². The highest BCUT2D eigenvalue weighted by atomic mass is 32.2. The van der Waals surface area contributed by atoms with Crippen molar-refractivity contribution in [1.82, 2.24) is 24.0 Å². The lowest BCUT2D eigenvalue weighted by atomic mass is 10.1. The van der Waals surface area contributed by atoms with Gasteiger partial charge in [-0.2, -0.15) is 30.2 Å². The van der Waals surface area contributed by atoms with E-state index in [1.165, 1.54) is 20.8 Å². The summed E-state index contributed by atoms with van der Waals surface area (Å²) in [5, 5.41) is 9.32. The van der Waals surface area contributed by atoms with Crippen LogP contribution in [-0.4, -0.2) is 94.6 Å². The fourth-order valence-corrected chi connectivity index (χ4v) is 7.02. The molecule has 37 heavy (non-hydrogen) atoms. The number of amides is 2. The van der Waals surface area contributed by atoms with Crippen LogP contribution in [0.25, 0.3) is 0 Å². The number of nitrogens with zero attached hydrogens (tertiary/aromatic N) is 4. The lowest BCUT2D eigenvalue weighted by molar-refractivity contribution is -0.141. The van der Waals surface area contributed by atoms with Gasteiger partial charge in [-0.05, 0) is 38.7 Å². The standard InChI is InChI=1S/C21H28F3N5O7S/c1-2-35-20(31)29-13-3-4-16(29)18(19(30)26-32)28(12-13)37(33,34)27-9-6-14(7-10-27)36-15-5-8-25-17(11-15)21(22,23)24/h5,8,11,13-14,16,18,32H,2-4,6-7,9-10,12H2,1H3,(H,26,30)/t13-,16+,18-/m1/s1. The van der Waals surface area contributed by atoms with Crippen LogP contribution in [0.3, 0.4) is 0 Å². The van der Waals surface area contributed by atoms with Crippen LogP contribution in [0.2, 0.25) is 0 Å². The zero-order valence-corrected chi connectivity index (χ0v) is 20.7. The van der Waals surface area contributed by atoms with Gasteiger partial charge in [0.15, 0.2) is 0 Å². The van der Waals surface area contributed by atoms with Gasteiger partial charge in [0.05, 0.1) is 12.6 Å².